The van der Waals surface area contributed by atoms with Crippen molar-refractivity contribution in [2.45, 2.75) is 19.9 Å². The Hall–Kier alpha value is -2.37. The van der Waals surface area contributed by atoms with Crippen molar-refractivity contribution in [2.24, 2.45) is 0 Å². The summed E-state index contributed by atoms with van der Waals surface area (Å²) in [6, 6.07) is 3.60. The van der Waals surface area contributed by atoms with E-state index in [0.29, 0.717) is 11.3 Å². The lowest BCUT2D eigenvalue weighted by Crippen LogP contribution is -2.27. The highest BCUT2D eigenvalue weighted by Crippen LogP contribution is 2.15. The summed E-state index contributed by atoms with van der Waals surface area (Å²) in [7, 11) is 0. The zero-order chi connectivity index (χ0) is 13.1. The molecule has 6 nitrogen and oxygen atoms in total. The maximum Gasteiger partial charge on any atom is 0.257 e. The van der Waals surface area contributed by atoms with E-state index in [2.05, 4.69) is 20.5 Å². The lowest BCUT2D eigenvalue weighted by atomic mass is 10.1. The minimum Gasteiger partial charge on any atom is -0.382 e. The van der Waals surface area contributed by atoms with Crippen molar-refractivity contribution in [3.05, 3.63) is 41.3 Å². The standard InChI is InChI=1S/C12H15N5O/c1-7(9-3-5-14-6-4-9)15-12(18)10-8(2)16-17-11(10)13/h3-7H,1-2H3,(H,15,18)(H3,13,16,17). The van der Waals surface area contributed by atoms with E-state index >= 15 is 0 Å². The lowest BCUT2D eigenvalue weighted by Gasteiger charge is -2.13. The first-order chi connectivity index (χ1) is 8.59. The average molecular weight is 245 g/mol. The SMILES string of the molecule is Cc1[nH]nc(N)c1C(=O)NC(C)c1ccncc1. The minimum absolute atomic E-state index is 0.116. The van der Waals surface area contributed by atoms with Gasteiger partial charge in [-0.05, 0) is 31.5 Å². The van der Waals surface area contributed by atoms with Crippen LogP contribution in [0.1, 0.15) is 34.6 Å². The van der Waals surface area contributed by atoms with Crippen LogP contribution in [-0.4, -0.2) is 21.1 Å². The summed E-state index contributed by atoms with van der Waals surface area (Å²) >= 11 is 0. The number of aromatic nitrogens is 3. The van der Waals surface area contributed by atoms with Crippen molar-refractivity contribution in [2.75, 3.05) is 5.73 Å². The third-order valence-electron chi connectivity index (χ3n) is 2.76. The molecule has 0 fully saturated rings. The summed E-state index contributed by atoms with van der Waals surface area (Å²) in [6.07, 6.45) is 3.38. The highest BCUT2D eigenvalue weighted by molar-refractivity contribution is 5.99. The molecule has 0 radical (unpaired) electrons. The Labute approximate surface area is 105 Å². The van der Waals surface area contributed by atoms with Crippen LogP contribution in [0.4, 0.5) is 5.82 Å². The van der Waals surface area contributed by atoms with E-state index < -0.39 is 0 Å². The van der Waals surface area contributed by atoms with Crippen LogP contribution in [-0.2, 0) is 0 Å². The zero-order valence-corrected chi connectivity index (χ0v) is 10.3. The van der Waals surface area contributed by atoms with Gasteiger partial charge in [-0.15, -0.1) is 0 Å². The van der Waals surface area contributed by atoms with Gasteiger partial charge in [-0.2, -0.15) is 5.10 Å². The molecule has 2 aromatic rings. The molecule has 6 heteroatoms. The summed E-state index contributed by atoms with van der Waals surface area (Å²) in [5.41, 5.74) is 7.69. The first-order valence-electron chi connectivity index (χ1n) is 5.61. The molecular formula is C12H15N5O. The highest BCUT2D eigenvalue weighted by Gasteiger charge is 2.18. The number of nitrogens with zero attached hydrogens (tertiary/aromatic N) is 2. The summed E-state index contributed by atoms with van der Waals surface area (Å²) in [6.45, 7) is 3.66. The summed E-state index contributed by atoms with van der Waals surface area (Å²) < 4.78 is 0. The number of hydrogen-bond acceptors (Lipinski definition) is 4. The van der Waals surface area contributed by atoms with Crippen molar-refractivity contribution in [1.82, 2.24) is 20.5 Å². The number of amides is 1. The monoisotopic (exact) mass is 245 g/mol. The van der Waals surface area contributed by atoms with Gasteiger partial charge in [-0.1, -0.05) is 0 Å². The number of nitrogens with two attached hydrogens (primary N) is 1. The molecule has 0 aromatic carbocycles. The van der Waals surface area contributed by atoms with Gasteiger partial charge in [0.05, 0.1) is 6.04 Å². The van der Waals surface area contributed by atoms with Gasteiger partial charge in [0.1, 0.15) is 5.56 Å². The fourth-order valence-electron chi connectivity index (χ4n) is 1.74. The molecule has 0 saturated heterocycles. The number of pyridine rings is 1. The molecule has 0 spiro atoms. The van der Waals surface area contributed by atoms with Crippen molar-refractivity contribution >= 4 is 11.7 Å². The van der Waals surface area contributed by atoms with Gasteiger partial charge in [0.25, 0.3) is 5.91 Å². The van der Waals surface area contributed by atoms with Gasteiger partial charge in [-0.3, -0.25) is 14.9 Å². The molecule has 1 atom stereocenters. The number of H-pyrrole nitrogens is 1. The Kier molecular flexibility index (Phi) is 3.27. The van der Waals surface area contributed by atoms with E-state index in [9.17, 15) is 4.79 Å². The molecule has 94 valence electrons. The second-order valence-electron chi connectivity index (χ2n) is 4.08. The van der Waals surface area contributed by atoms with Crippen LogP contribution in [0.15, 0.2) is 24.5 Å². The molecule has 1 unspecified atom stereocenters. The van der Waals surface area contributed by atoms with Crippen molar-refractivity contribution in [3.8, 4) is 0 Å². The molecule has 0 aliphatic carbocycles. The molecular weight excluding hydrogens is 230 g/mol. The Morgan fingerprint density at radius 2 is 2.11 bits per heavy atom. The molecule has 0 aliphatic rings. The van der Waals surface area contributed by atoms with Gasteiger partial charge in [0.15, 0.2) is 5.82 Å². The predicted molar refractivity (Wildman–Crippen MR) is 67.9 cm³/mol. The lowest BCUT2D eigenvalue weighted by molar-refractivity contribution is 0.0940. The minimum atomic E-state index is -0.233. The number of hydrogen-bond donors (Lipinski definition) is 3. The van der Waals surface area contributed by atoms with Crippen LogP contribution in [0.25, 0.3) is 0 Å². The third-order valence-corrected chi connectivity index (χ3v) is 2.76. The first kappa shape index (κ1) is 12.1. The van der Waals surface area contributed by atoms with Gasteiger partial charge in [-0.25, -0.2) is 0 Å². The molecule has 2 rings (SSSR count). The average Bonchev–Trinajstić information content (AvgIpc) is 2.70. The quantitative estimate of drug-likeness (QED) is 0.756. The molecule has 18 heavy (non-hydrogen) atoms. The maximum absolute atomic E-state index is 12.1. The number of aryl methyl sites for hydroxylation is 1. The number of nitrogens with one attached hydrogen (secondary N) is 2. The van der Waals surface area contributed by atoms with Gasteiger partial charge in [0.2, 0.25) is 0 Å². The van der Waals surface area contributed by atoms with Crippen LogP contribution in [0, 0.1) is 6.92 Å². The van der Waals surface area contributed by atoms with Crippen molar-refractivity contribution in [1.29, 1.82) is 0 Å². The maximum atomic E-state index is 12.1. The zero-order valence-electron chi connectivity index (χ0n) is 10.3. The predicted octanol–water partition coefficient (Wildman–Crippen LogP) is 1.19. The summed E-state index contributed by atoms with van der Waals surface area (Å²) in [5.74, 6) is -0.0185. The smallest absolute Gasteiger partial charge is 0.257 e. The number of aromatic amines is 1. The third kappa shape index (κ3) is 2.32. The topological polar surface area (TPSA) is 96.7 Å². The summed E-state index contributed by atoms with van der Waals surface area (Å²) in [5, 5.41) is 9.36. The Morgan fingerprint density at radius 3 is 2.67 bits per heavy atom. The number of rotatable bonds is 3. The van der Waals surface area contributed by atoms with Crippen LogP contribution in [0.3, 0.4) is 0 Å². The van der Waals surface area contributed by atoms with Crippen molar-refractivity contribution in [3.63, 3.8) is 0 Å². The van der Waals surface area contributed by atoms with Gasteiger partial charge >= 0.3 is 0 Å². The second kappa shape index (κ2) is 4.87. The van der Waals surface area contributed by atoms with E-state index in [1.54, 1.807) is 19.3 Å². The van der Waals surface area contributed by atoms with Crippen LogP contribution < -0.4 is 11.1 Å². The second-order valence-corrected chi connectivity index (χ2v) is 4.08. The van der Waals surface area contributed by atoms with E-state index in [1.165, 1.54) is 0 Å². The number of anilines is 1. The molecule has 0 bridgehead atoms. The Morgan fingerprint density at radius 1 is 1.44 bits per heavy atom. The molecule has 1 amide bonds. The van der Waals surface area contributed by atoms with Crippen LogP contribution in [0.5, 0.6) is 0 Å². The van der Waals surface area contributed by atoms with E-state index in [-0.39, 0.29) is 17.8 Å². The van der Waals surface area contributed by atoms with Crippen LogP contribution >= 0.6 is 0 Å². The molecule has 0 saturated carbocycles. The van der Waals surface area contributed by atoms with E-state index in [1.807, 2.05) is 19.1 Å². The Balaban J connectivity index is 2.13. The molecule has 0 aliphatic heterocycles. The molecule has 2 heterocycles. The highest BCUT2D eigenvalue weighted by atomic mass is 16.1. The van der Waals surface area contributed by atoms with Gasteiger partial charge < -0.3 is 11.1 Å². The molecule has 4 N–H and O–H groups in total. The number of carbonyl (C=O) groups is 1. The van der Waals surface area contributed by atoms with Crippen LogP contribution in [0.2, 0.25) is 0 Å². The first-order valence-corrected chi connectivity index (χ1v) is 5.61. The fourth-order valence-corrected chi connectivity index (χ4v) is 1.74. The number of carbonyl (C=O) groups excluding carboxylic acids is 1. The largest absolute Gasteiger partial charge is 0.382 e. The summed E-state index contributed by atoms with van der Waals surface area (Å²) in [4.78, 5) is 16.0. The van der Waals surface area contributed by atoms with Crippen molar-refractivity contribution < 1.29 is 4.79 Å². The fraction of sp³-hybridized carbons (Fsp3) is 0.250. The van der Waals surface area contributed by atoms with E-state index in [4.69, 9.17) is 5.73 Å². The number of nitrogen functional groups attached to an aromatic ring is 1. The molecule has 2 aromatic heterocycles. The normalized spacial score (nSPS) is 12.1. The van der Waals surface area contributed by atoms with Gasteiger partial charge in [0, 0.05) is 18.1 Å². The Bertz CT molecular complexity index is 529. The van der Waals surface area contributed by atoms with E-state index in [0.717, 1.165) is 5.56 Å².